The molecule has 4 aromatic rings. The lowest BCUT2D eigenvalue weighted by molar-refractivity contribution is 0.109. The predicted molar refractivity (Wildman–Crippen MR) is 134 cm³/mol. The topological polar surface area (TPSA) is 22.3 Å². The zero-order valence-electron chi connectivity index (χ0n) is 18.4. The van der Waals surface area contributed by atoms with Crippen LogP contribution >= 0.6 is 11.6 Å². The molecule has 1 saturated heterocycles. The minimum absolute atomic E-state index is 0.279. The van der Waals surface area contributed by atoms with Gasteiger partial charge in [0.2, 0.25) is 0 Å². The summed E-state index contributed by atoms with van der Waals surface area (Å²) in [5, 5.41) is 2.16. The van der Waals surface area contributed by atoms with Gasteiger partial charge in [-0.1, -0.05) is 72.3 Å². The maximum absolute atomic E-state index is 6.16. The summed E-state index contributed by atoms with van der Waals surface area (Å²) >= 11 is 6.16. The summed E-state index contributed by atoms with van der Waals surface area (Å²) in [6, 6.07) is 28.1. The molecule has 1 aliphatic heterocycles. The third kappa shape index (κ3) is 4.75. The van der Waals surface area contributed by atoms with Crippen molar-refractivity contribution < 1.29 is 0 Å². The normalized spacial score (nSPS) is 16.4. The van der Waals surface area contributed by atoms with E-state index in [0.717, 1.165) is 44.2 Å². The van der Waals surface area contributed by atoms with E-state index in [2.05, 4.69) is 87.7 Å². The Morgan fingerprint density at radius 2 is 1.47 bits per heavy atom. The van der Waals surface area contributed by atoms with E-state index in [4.69, 9.17) is 11.6 Å². The van der Waals surface area contributed by atoms with Gasteiger partial charge in [-0.05, 0) is 54.3 Å². The first-order valence-corrected chi connectivity index (χ1v) is 12.0. The van der Waals surface area contributed by atoms with Gasteiger partial charge in [0.25, 0.3) is 0 Å². The van der Waals surface area contributed by atoms with Crippen molar-refractivity contribution in [2.45, 2.75) is 18.9 Å². The molecular formula is C28H30ClN3. The minimum Gasteiger partial charge on any atom is -0.361 e. The molecule has 0 bridgehead atoms. The van der Waals surface area contributed by atoms with Crippen molar-refractivity contribution in [2.75, 3.05) is 32.7 Å². The standard InChI is InChI=1S/C28H30ClN3/c29-25-14-12-23(13-15-25)28(22-7-2-1-3-8-22)32-19-17-31(18-20-32)16-6-9-24-21-30-27-11-5-4-10-26(24)27/h1-5,7-8,10-15,21,28,30H,6,9,16-20H2/t28-/m1/s1. The Bertz CT molecular complexity index is 1130. The Hall–Kier alpha value is -2.59. The summed E-state index contributed by atoms with van der Waals surface area (Å²) in [6.45, 7) is 5.55. The number of aromatic amines is 1. The van der Waals surface area contributed by atoms with E-state index < -0.39 is 0 Å². The Kier molecular flexibility index (Phi) is 6.59. The van der Waals surface area contributed by atoms with Crippen LogP contribution in [0.25, 0.3) is 10.9 Å². The third-order valence-electron chi connectivity index (χ3n) is 6.67. The summed E-state index contributed by atoms with van der Waals surface area (Å²) in [5.41, 5.74) is 5.34. The molecule has 0 saturated carbocycles. The number of hydrogen-bond acceptors (Lipinski definition) is 2. The zero-order chi connectivity index (χ0) is 21.8. The molecular weight excluding hydrogens is 414 g/mol. The van der Waals surface area contributed by atoms with Gasteiger partial charge in [-0.15, -0.1) is 0 Å². The molecule has 1 aliphatic rings. The third-order valence-corrected chi connectivity index (χ3v) is 6.92. The van der Waals surface area contributed by atoms with Crippen LogP contribution in [0.1, 0.15) is 29.2 Å². The molecule has 5 rings (SSSR count). The van der Waals surface area contributed by atoms with Crippen molar-refractivity contribution in [2.24, 2.45) is 0 Å². The van der Waals surface area contributed by atoms with Gasteiger partial charge >= 0.3 is 0 Å². The number of aromatic nitrogens is 1. The maximum atomic E-state index is 6.16. The van der Waals surface area contributed by atoms with E-state index in [9.17, 15) is 0 Å². The summed E-state index contributed by atoms with van der Waals surface area (Å²) in [5.74, 6) is 0. The molecule has 3 nitrogen and oxygen atoms in total. The second-order valence-electron chi connectivity index (χ2n) is 8.71. The number of H-pyrrole nitrogens is 1. The highest BCUT2D eigenvalue weighted by Gasteiger charge is 2.26. The number of nitrogens with zero attached hydrogens (tertiary/aromatic N) is 2. The van der Waals surface area contributed by atoms with Crippen LogP contribution in [0.15, 0.2) is 85.1 Å². The number of halogens is 1. The molecule has 32 heavy (non-hydrogen) atoms. The second-order valence-corrected chi connectivity index (χ2v) is 9.14. The van der Waals surface area contributed by atoms with Gasteiger partial charge in [0, 0.05) is 48.3 Å². The minimum atomic E-state index is 0.279. The van der Waals surface area contributed by atoms with Gasteiger partial charge in [0.05, 0.1) is 6.04 Å². The van der Waals surface area contributed by atoms with Crippen LogP contribution in [-0.2, 0) is 6.42 Å². The van der Waals surface area contributed by atoms with Crippen molar-refractivity contribution in [3.8, 4) is 0 Å². The van der Waals surface area contributed by atoms with Crippen LogP contribution in [0.5, 0.6) is 0 Å². The van der Waals surface area contributed by atoms with Gasteiger partial charge in [-0.2, -0.15) is 0 Å². The van der Waals surface area contributed by atoms with Crippen LogP contribution in [0, 0.1) is 0 Å². The van der Waals surface area contributed by atoms with E-state index in [0.29, 0.717) is 0 Å². The molecule has 4 heteroatoms. The van der Waals surface area contributed by atoms with Crippen LogP contribution in [0.2, 0.25) is 5.02 Å². The van der Waals surface area contributed by atoms with Crippen molar-refractivity contribution in [1.82, 2.24) is 14.8 Å². The molecule has 0 aliphatic carbocycles. The lowest BCUT2D eigenvalue weighted by atomic mass is 9.96. The van der Waals surface area contributed by atoms with Crippen LogP contribution in [-0.4, -0.2) is 47.5 Å². The van der Waals surface area contributed by atoms with Crippen molar-refractivity contribution in [3.05, 3.63) is 107 Å². The number of rotatable bonds is 7. The van der Waals surface area contributed by atoms with Gasteiger partial charge in [0.15, 0.2) is 0 Å². The number of nitrogens with one attached hydrogen (secondary N) is 1. The number of hydrogen-bond donors (Lipinski definition) is 1. The molecule has 0 spiro atoms. The van der Waals surface area contributed by atoms with E-state index in [1.54, 1.807) is 0 Å². The molecule has 1 N–H and O–H groups in total. The van der Waals surface area contributed by atoms with Crippen molar-refractivity contribution in [1.29, 1.82) is 0 Å². The lowest BCUT2D eigenvalue weighted by Crippen LogP contribution is -2.48. The average molecular weight is 444 g/mol. The quantitative estimate of drug-likeness (QED) is 0.369. The lowest BCUT2D eigenvalue weighted by Gasteiger charge is -2.40. The predicted octanol–water partition coefficient (Wildman–Crippen LogP) is 6.16. The van der Waals surface area contributed by atoms with Crippen LogP contribution < -0.4 is 0 Å². The molecule has 1 atom stereocenters. The summed E-state index contributed by atoms with van der Waals surface area (Å²) in [6.07, 6.45) is 4.50. The molecule has 0 unspecified atom stereocenters. The molecule has 164 valence electrons. The number of benzene rings is 3. The highest BCUT2D eigenvalue weighted by molar-refractivity contribution is 6.30. The molecule has 1 aromatic heterocycles. The molecule has 2 heterocycles. The van der Waals surface area contributed by atoms with E-state index in [1.807, 2.05) is 12.1 Å². The van der Waals surface area contributed by atoms with Gasteiger partial charge in [-0.3, -0.25) is 4.90 Å². The first-order chi connectivity index (χ1) is 15.8. The molecule has 3 aromatic carbocycles. The number of piperazine rings is 1. The van der Waals surface area contributed by atoms with Crippen molar-refractivity contribution >= 4 is 22.5 Å². The Balaban J connectivity index is 1.20. The Morgan fingerprint density at radius 1 is 0.781 bits per heavy atom. The van der Waals surface area contributed by atoms with Gasteiger partial charge in [0.1, 0.15) is 0 Å². The number of para-hydroxylation sites is 1. The number of aryl methyl sites for hydroxylation is 1. The van der Waals surface area contributed by atoms with Crippen LogP contribution in [0.4, 0.5) is 0 Å². The highest BCUT2D eigenvalue weighted by Crippen LogP contribution is 2.30. The Morgan fingerprint density at radius 3 is 2.25 bits per heavy atom. The maximum Gasteiger partial charge on any atom is 0.0602 e. The fourth-order valence-electron chi connectivity index (χ4n) is 4.97. The first kappa shape index (κ1) is 21.3. The van der Waals surface area contributed by atoms with Gasteiger partial charge in [-0.25, -0.2) is 0 Å². The SMILES string of the molecule is Clc1ccc([C@@H](c2ccccc2)N2CCN(CCCc3c[nH]c4ccccc34)CC2)cc1. The Labute approximate surface area is 195 Å². The fraction of sp³-hybridized carbons (Fsp3) is 0.286. The summed E-state index contributed by atoms with van der Waals surface area (Å²) in [7, 11) is 0. The highest BCUT2D eigenvalue weighted by atomic mass is 35.5. The molecule has 1 fully saturated rings. The molecule has 0 radical (unpaired) electrons. The van der Waals surface area contributed by atoms with E-state index in [-0.39, 0.29) is 6.04 Å². The molecule has 0 amide bonds. The summed E-state index contributed by atoms with van der Waals surface area (Å²) < 4.78 is 0. The number of fused-ring (bicyclic) bond motifs is 1. The monoisotopic (exact) mass is 443 g/mol. The van der Waals surface area contributed by atoms with Crippen LogP contribution in [0.3, 0.4) is 0 Å². The fourth-order valence-corrected chi connectivity index (χ4v) is 5.10. The second kappa shape index (κ2) is 9.91. The smallest absolute Gasteiger partial charge is 0.0602 e. The summed E-state index contributed by atoms with van der Waals surface area (Å²) in [4.78, 5) is 8.64. The zero-order valence-corrected chi connectivity index (χ0v) is 19.1. The van der Waals surface area contributed by atoms with Gasteiger partial charge < -0.3 is 9.88 Å². The average Bonchev–Trinajstić information content (AvgIpc) is 3.25. The largest absolute Gasteiger partial charge is 0.361 e. The first-order valence-electron chi connectivity index (χ1n) is 11.6. The van der Waals surface area contributed by atoms with E-state index >= 15 is 0 Å². The van der Waals surface area contributed by atoms with E-state index in [1.165, 1.54) is 34.0 Å². The van der Waals surface area contributed by atoms with Crippen molar-refractivity contribution in [3.63, 3.8) is 0 Å².